The van der Waals surface area contributed by atoms with Crippen molar-refractivity contribution in [2.75, 3.05) is 13.2 Å². The Bertz CT molecular complexity index is 303. The Hall–Kier alpha value is -1.62. The summed E-state index contributed by atoms with van der Waals surface area (Å²) >= 11 is 0. The third kappa shape index (κ3) is 4.42. The Morgan fingerprint density at radius 3 is 3.07 bits per heavy atom. The summed E-state index contributed by atoms with van der Waals surface area (Å²) in [4.78, 5) is 14.5. The van der Waals surface area contributed by atoms with Gasteiger partial charge < -0.3 is 15.8 Å². The van der Waals surface area contributed by atoms with Gasteiger partial charge in [0.15, 0.2) is 0 Å². The number of carbonyl (C=O) groups is 1. The normalized spacial score (nSPS) is 12.1. The van der Waals surface area contributed by atoms with Crippen LogP contribution in [0.1, 0.15) is 18.7 Å². The van der Waals surface area contributed by atoms with Gasteiger partial charge in [0.1, 0.15) is 6.61 Å². The van der Waals surface area contributed by atoms with Gasteiger partial charge in [-0.15, -0.1) is 0 Å². The third-order valence-corrected chi connectivity index (χ3v) is 1.93. The van der Waals surface area contributed by atoms with Crippen molar-refractivity contribution in [2.24, 2.45) is 5.73 Å². The van der Waals surface area contributed by atoms with E-state index < -0.39 is 6.09 Å². The molecule has 3 N–H and O–H groups in total. The van der Waals surface area contributed by atoms with Gasteiger partial charge in [0.2, 0.25) is 0 Å². The van der Waals surface area contributed by atoms with E-state index in [0.717, 1.165) is 5.69 Å². The van der Waals surface area contributed by atoms with Gasteiger partial charge >= 0.3 is 6.09 Å². The van der Waals surface area contributed by atoms with Crippen molar-refractivity contribution in [2.45, 2.75) is 13.0 Å². The average molecular weight is 209 g/mol. The SMILES string of the molecule is CC(NCCOC(N)=O)c1ccccn1. The Morgan fingerprint density at radius 2 is 2.47 bits per heavy atom. The smallest absolute Gasteiger partial charge is 0.404 e. The molecular formula is C10H15N3O2. The van der Waals surface area contributed by atoms with Crippen LogP contribution in [0.2, 0.25) is 0 Å². The second kappa shape index (κ2) is 5.98. The van der Waals surface area contributed by atoms with Gasteiger partial charge in [-0.05, 0) is 19.1 Å². The molecule has 0 aliphatic rings. The highest BCUT2D eigenvalue weighted by molar-refractivity contribution is 5.64. The van der Waals surface area contributed by atoms with Crippen molar-refractivity contribution in [1.29, 1.82) is 0 Å². The molecule has 1 rings (SSSR count). The van der Waals surface area contributed by atoms with Gasteiger partial charge in [0, 0.05) is 18.8 Å². The molecule has 1 atom stereocenters. The Labute approximate surface area is 88.6 Å². The van der Waals surface area contributed by atoms with Gasteiger partial charge in [0.05, 0.1) is 5.69 Å². The molecule has 0 saturated heterocycles. The maximum absolute atomic E-state index is 10.3. The van der Waals surface area contributed by atoms with Crippen molar-refractivity contribution in [3.8, 4) is 0 Å². The van der Waals surface area contributed by atoms with E-state index in [4.69, 9.17) is 5.73 Å². The molecule has 0 aliphatic carbocycles. The Balaban J connectivity index is 2.25. The zero-order valence-electron chi connectivity index (χ0n) is 8.64. The van der Waals surface area contributed by atoms with E-state index in [1.165, 1.54) is 0 Å². The number of nitrogens with zero attached hydrogens (tertiary/aromatic N) is 1. The zero-order valence-corrected chi connectivity index (χ0v) is 8.64. The first kappa shape index (κ1) is 11.5. The fraction of sp³-hybridized carbons (Fsp3) is 0.400. The second-order valence-electron chi connectivity index (χ2n) is 3.10. The molecule has 0 bridgehead atoms. The number of primary amides is 1. The van der Waals surface area contributed by atoms with E-state index in [0.29, 0.717) is 6.54 Å². The standard InChI is InChI=1S/C10H15N3O2/c1-8(9-4-2-3-5-13-9)12-6-7-15-10(11)14/h2-5,8,12H,6-7H2,1H3,(H2,11,14). The summed E-state index contributed by atoms with van der Waals surface area (Å²) < 4.78 is 4.58. The first-order valence-electron chi connectivity index (χ1n) is 4.76. The van der Waals surface area contributed by atoms with Crippen molar-refractivity contribution in [1.82, 2.24) is 10.3 Å². The van der Waals surface area contributed by atoms with E-state index >= 15 is 0 Å². The van der Waals surface area contributed by atoms with Gasteiger partial charge in [0.25, 0.3) is 0 Å². The quantitative estimate of drug-likeness (QED) is 0.704. The zero-order chi connectivity index (χ0) is 11.1. The summed E-state index contributed by atoms with van der Waals surface area (Å²) in [7, 11) is 0. The summed E-state index contributed by atoms with van der Waals surface area (Å²) in [5, 5.41) is 3.16. The lowest BCUT2D eigenvalue weighted by atomic mass is 10.2. The molecule has 82 valence electrons. The molecule has 1 aromatic heterocycles. The lowest BCUT2D eigenvalue weighted by molar-refractivity contribution is 0.156. The molecule has 0 aromatic carbocycles. The predicted octanol–water partition coefficient (Wildman–Crippen LogP) is 0.828. The highest BCUT2D eigenvalue weighted by Crippen LogP contribution is 2.06. The summed E-state index contributed by atoms with van der Waals surface area (Å²) in [5.74, 6) is 0. The van der Waals surface area contributed by atoms with Crippen LogP contribution >= 0.6 is 0 Å². The maximum Gasteiger partial charge on any atom is 0.404 e. The summed E-state index contributed by atoms with van der Waals surface area (Å²) in [6.07, 6.45) is 0.996. The molecule has 0 radical (unpaired) electrons. The molecule has 1 aromatic rings. The van der Waals surface area contributed by atoms with Crippen LogP contribution in [-0.2, 0) is 4.74 Å². The molecule has 5 nitrogen and oxygen atoms in total. The van der Waals surface area contributed by atoms with Crippen LogP contribution in [0.5, 0.6) is 0 Å². The number of ether oxygens (including phenoxy) is 1. The average Bonchev–Trinajstić information content (AvgIpc) is 2.25. The van der Waals surface area contributed by atoms with E-state index in [1.54, 1.807) is 6.20 Å². The number of hydrogen-bond donors (Lipinski definition) is 2. The molecule has 1 amide bonds. The van der Waals surface area contributed by atoms with Crippen LogP contribution in [0, 0.1) is 0 Å². The Kier molecular flexibility index (Phi) is 4.56. The third-order valence-electron chi connectivity index (χ3n) is 1.93. The molecule has 0 fully saturated rings. The van der Waals surface area contributed by atoms with Gasteiger partial charge in [-0.3, -0.25) is 4.98 Å². The van der Waals surface area contributed by atoms with E-state index in [-0.39, 0.29) is 12.6 Å². The number of nitrogens with two attached hydrogens (primary N) is 1. The topological polar surface area (TPSA) is 77.2 Å². The predicted molar refractivity (Wildman–Crippen MR) is 56.2 cm³/mol. The highest BCUT2D eigenvalue weighted by atomic mass is 16.5. The summed E-state index contributed by atoms with van der Waals surface area (Å²) in [5.41, 5.74) is 5.77. The summed E-state index contributed by atoms with van der Waals surface area (Å²) in [6.45, 7) is 2.82. The minimum absolute atomic E-state index is 0.127. The highest BCUT2D eigenvalue weighted by Gasteiger charge is 2.04. The van der Waals surface area contributed by atoms with E-state index in [9.17, 15) is 4.79 Å². The number of amides is 1. The molecule has 0 aliphatic heterocycles. The van der Waals surface area contributed by atoms with Crippen molar-refractivity contribution >= 4 is 6.09 Å². The minimum Gasteiger partial charge on any atom is -0.448 e. The van der Waals surface area contributed by atoms with Crippen LogP contribution < -0.4 is 11.1 Å². The molecule has 5 heteroatoms. The van der Waals surface area contributed by atoms with Crippen LogP contribution in [-0.4, -0.2) is 24.2 Å². The van der Waals surface area contributed by atoms with Crippen LogP contribution in [0.25, 0.3) is 0 Å². The number of aromatic nitrogens is 1. The first-order chi connectivity index (χ1) is 7.20. The monoisotopic (exact) mass is 209 g/mol. The second-order valence-corrected chi connectivity index (χ2v) is 3.10. The van der Waals surface area contributed by atoms with Crippen LogP contribution in [0.4, 0.5) is 4.79 Å². The molecule has 0 spiro atoms. The van der Waals surface area contributed by atoms with Crippen molar-refractivity contribution in [3.63, 3.8) is 0 Å². The van der Waals surface area contributed by atoms with Gasteiger partial charge in [-0.2, -0.15) is 0 Å². The first-order valence-corrected chi connectivity index (χ1v) is 4.76. The lowest BCUT2D eigenvalue weighted by Crippen LogP contribution is -2.26. The molecule has 0 saturated carbocycles. The number of carbonyl (C=O) groups excluding carboxylic acids is 1. The fourth-order valence-corrected chi connectivity index (χ4v) is 1.16. The van der Waals surface area contributed by atoms with Crippen molar-refractivity contribution in [3.05, 3.63) is 30.1 Å². The lowest BCUT2D eigenvalue weighted by Gasteiger charge is -2.12. The van der Waals surface area contributed by atoms with Crippen LogP contribution in [0.15, 0.2) is 24.4 Å². The number of pyridine rings is 1. The minimum atomic E-state index is -0.748. The molecule has 15 heavy (non-hydrogen) atoms. The number of nitrogens with one attached hydrogen (secondary N) is 1. The van der Waals surface area contributed by atoms with Crippen LogP contribution in [0.3, 0.4) is 0 Å². The molecule has 1 unspecified atom stereocenters. The maximum atomic E-state index is 10.3. The number of rotatable bonds is 5. The van der Waals surface area contributed by atoms with E-state index in [2.05, 4.69) is 15.0 Å². The molecular weight excluding hydrogens is 194 g/mol. The Morgan fingerprint density at radius 1 is 1.67 bits per heavy atom. The summed E-state index contributed by atoms with van der Waals surface area (Å²) in [6, 6.07) is 5.86. The largest absolute Gasteiger partial charge is 0.448 e. The van der Waals surface area contributed by atoms with E-state index in [1.807, 2.05) is 25.1 Å². The van der Waals surface area contributed by atoms with Gasteiger partial charge in [-0.1, -0.05) is 6.07 Å². The van der Waals surface area contributed by atoms with Crippen molar-refractivity contribution < 1.29 is 9.53 Å². The molecule has 1 heterocycles. The fourth-order valence-electron chi connectivity index (χ4n) is 1.16. The number of hydrogen-bond acceptors (Lipinski definition) is 4. The van der Waals surface area contributed by atoms with Gasteiger partial charge in [-0.25, -0.2) is 4.79 Å².